The normalized spacial score (nSPS) is 17.2. The van der Waals surface area contributed by atoms with Crippen LogP contribution in [-0.4, -0.2) is 62.0 Å². The number of hydrogen-bond donors (Lipinski definition) is 2. The second-order valence-corrected chi connectivity index (χ2v) is 11.5. The fraction of sp³-hybridized carbons (Fsp3) is 0.929. The van der Waals surface area contributed by atoms with Crippen molar-refractivity contribution < 1.29 is 24.3 Å². The molecule has 0 aliphatic heterocycles. The van der Waals surface area contributed by atoms with Crippen molar-refractivity contribution in [2.45, 2.75) is 70.6 Å². The molecule has 21 heavy (non-hydrogen) atoms. The first kappa shape index (κ1) is 20.5. The fourth-order valence-electron chi connectivity index (χ4n) is 1.58. The summed E-state index contributed by atoms with van der Waals surface area (Å²) in [6.45, 7) is 12.3. The summed E-state index contributed by atoms with van der Waals surface area (Å²) in [5.41, 5.74) is 0. The molecule has 7 heteroatoms. The van der Waals surface area contributed by atoms with Gasteiger partial charge in [-0.3, -0.25) is 9.63 Å². The molecule has 3 atom stereocenters. The Morgan fingerprint density at radius 2 is 1.76 bits per heavy atom. The Balaban J connectivity index is 5.00. The van der Waals surface area contributed by atoms with Crippen LogP contribution in [0.25, 0.3) is 0 Å². The molecule has 1 amide bonds. The van der Waals surface area contributed by atoms with Gasteiger partial charge in [-0.15, -0.1) is 0 Å². The summed E-state index contributed by atoms with van der Waals surface area (Å²) in [6.07, 6.45) is -2.93. The molecule has 0 aromatic heterocycles. The van der Waals surface area contributed by atoms with E-state index in [-0.39, 0.29) is 5.04 Å². The van der Waals surface area contributed by atoms with Gasteiger partial charge >= 0.3 is 0 Å². The number of nitrogens with zero attached hydrogens (tertiary/aromatic N) is 1. The van der Waals surface area contributed by atoms with Gasteiger partial charge in [-0.2, -0.15) is 0 Å². The highest BCUT2D eigenvalue weighted by atomic mass is 28.4. The molecular formula is C14H31NO5Si. The van der Waals surface area contributed by atoms with Crippen LogP contribution in [-0.2, 0) is 14.1 Å². The number of hydroxylamine groups is 2. The fourth-order valence-corrected chi connectivity index (χ4v) is 2.99. The van der Waals surface area contributed by atoms with E-state index in [0.29, 0.717) is 6.42 Å². The smallest absolute Gasteiger partial charge is 0.277 e. The lowest BCUT2D eigenvalue weighted by atomic mass is 10.1. The quantitative estimate of drug-likeness (QED) is 0.549. The van der Waals surface area contributed by atoms with Gasteiger partial charge in [0.25, 0.3) is 5.91 Å². The Bertz CT molecular complexity index is 343. The maximum atomic E-state index is 11.8. The average Bonchev–Trinajstić information content (AvgIpc) is 2.40. The van der Waals surface area contributed by atoms with Crippen molar-refractivity contribution >= 4 is 14.2 Å². The SMILES string of the molecule is CC[C@@H](O[Si](C)(C)C(C)(C)C)[C@H](O)[C@@H](O)C(=O)N(C)OC. The molecule has 0 radical (unpaired) electrons. The van der Waals surface area contributed by atoms with Crippen molar-refractivity contribution in [1.82, 2.24) is 5.06 Å². The number of amides is 1. The minimum atomic E-state index is -2.10. The van der Waals surface area contributed by atoms with Crippen LogP contribution < -0.4 is 0 Å². The highest BCUT2D eigenvalue weighted by Gasteiger charge is 2.42. The maximum absolute atomic E-state index is 11.8. The molecule has 0 saturated heterocycles. The molecule has 6 nitrogen and oxygen atoms in total. The Morgan fingerprint density at radius 3 is 2.10 bits per heavy atom. The van der Waals surface area contributed by atoms with Gasteiger partial charge in [-0.25, -0.2) is 5.06 Å². The lowest BCUT2D eigenvalue weighted by Gasteiger charge is -2.41. The maximum Gasteiger partial charge on any atom is 0.277 e. The summed E-state index contributed by atoms with van der Waals surface area (Å²) in [7, 11) is 0.608. The Labute approximate surface area is 129 Å². The Hall–Kier alpha value is -0.473. The lowest BCUT2D eigenvalue weighted by Crippen LogP contribution is -2.52. The predicted octanol–water partition coefficient (Wildman–Crippen LogP) is 1.53. The average molecular weight is 321 g/mol. The zero-order valence-corrected chi connectivity index (χ0v) is 15.5. The largest absolute Gasteiger partial charge is 0.411 e. The molecule has 0 aromatic rings. The molecule has 126 valence electrons. The van der Waals surface area contributed by atoms with Crippen LogP contribution in [0.15, 0.2) is 0 Å². The first-order valence-electron chi connectivity index (χ1n) is 7.24. The van der Waals surface area contributed by atoms with E-state index in [0.717, 1.165) is 5.06 Å². The molecule has 0 saturated carbocycles. The molecule has 0 rings (SSSR count). The van der Waals surface area contributed by atoms with Crippen LogP contribution >= 0.6 is 0 Å². The number of carbonyl (C=O) groups excluding carboxylic acids is 1. The first-order chi connectivity index (χ1) is 9.39. The topological polar surface area (TPSA) is 79.2 Å². The zero-order chi connectivity index (χ0) is 17.0. The van der Waals surface area contributed by atoms with E-state index >= 15 is 0 Å². The minimum Gasteiger partial charge on any atom is -0.411 e. The van der Waals surface area contributed by atoms with Gasteiger partial charge in [-0.1, -0.05) is 27.7 Å². The standard InChI is InChI=1S/C14H31NO5Si/c1-9-10(20-21(7,8)14(2,3)4)11(16)12(17)13(18)15(5)19-6/h10-12,16-17H,9H2,1-8H3/t10-,11+,12-/m1/s1. The number of carbonyl (C=O) groups is 1. The third kappa shape index (κ3) is 5.34. The van der Waals surface area contributed by atoms with Gasteiger partial charge < -0.3 is 14.6 Å². The summed E-state index contributed by atoms with van der Waals surface area (Å²) >= 11 is 0. The van der Waals surface area contributed by atoms with E-state index in [2.05, 4.69) is 33.9 Å². The lowest BCUT2D eigenvalue weighted by molar-refractivity contribution is -0.186. The molecule has 0 bridgehead atoms. The van der Waals surface area contributed by atoms with Gasteiger partial charge in [-0.05, 0) is 24.6 Å². The molecule has 0 aliphatic carbocycles. The van der Waals surface area contributed by atoms with Crippen LogP contribution in [0.2, 0.25) is 18.1 Å². The van der Waals surface area contributed by atoms with Gasteiger partial charge in [0.15, 0.2) is 14.4 Å². The van der Waals surface area contributed by atoms with Crippen molar-refractivity contribution in [1.29, 1.82) is 0 Å². The summed E-state index contributed by atoms with van der Waals surface area (Å²) in [5, 5.41) is 21.1. The van der Waals surface area contributed by atoms with Crippen LogP contribution in [0.3, 0.4) is 0 Å². The highest BCUT2D eigenvalue weighted by Crippen LogP contribution is 2.38. The summed E-state index contributed by atoms with van der Waals surface area (Å²) in [6, 6.07) is 0. The molecule has 0 spiro atoms. The number of aliphatic hydroxyl groups excluding tert-OH is 2. The molecule has 0 unspecified atom stereocenters. The Morgan fingerprint density at radius 1 is 1.29 bits per heavy atom. The van der Waals surface area contributed by atoms with Gasteiger partial charge in [0.2, 0.25) is 0 Å². The number of hydrogen-bond acceptors (Lipinski definition) is 5. The molecule has 0 fully saturated rings. The molecule has 0 heterocycles. The van der Waals surface area contributed by atoms with Crippen LogP contribution in [0, 0.1) is 0 Å². The van der Waals surface area contributed by atoms with E-state index < -0.39 is 32.5 Å². The molecule has 0 aromatic carbocycles. The summed E-state index contributed by atoms with van der Waals surface area (Å²) in [5.74, 6) is -0.692. The zero-order valence-electron chi connectivity index (χ0n) is 14.5. The summed E-state index contributed by atoms with van der Waals surface area (Å²) < 4.78 is 6.12. The molecule has 0 aliphatic rings. The van der Waals surface area contributed by atoms with Crippen LogP contribution in [0.4, 0.5) is 0 Å². The second kappa shape index (κ2) is 7.69. The van der Waals surface area contributed by atoms with Crippen molar-refractivity contribution in [2.24, 2.45) is 0 Å². The molecular weight excluding hydrogens is 290 g/mol. The van der Waals surface area contributed by atoms with E-state index in [1.807, 2.05) is 6.92 Å². The minimum absolute atomic E-state index is 0.0155. The number of likely N-dealkylation sites (N-methyl/N-ethyl adjacent to an activating group) is 1. The van der Waals surface area contributed by atoms with Crippen LogP contribution in [0.1, 0.15) is 34.1 Å². The van der Waals surface area contributed by atoms with Gasteiger partial charge in [0, 0.05) is 7.05 Å². The van der Waals surface area contributed by atoms with E-state index in [4.69, 9.17) is 9.26 Å². The first-order valence-corrected chi connectivity index (χ1v) is 10.2. The Kier molecular flexibility index (Phi) is 7.51. The third-order valence-electron chi connectivity index (χ3n) is 4.20. The van der Waals surface area contributed by atoms with Gasteiger partial charge in [0.1, 0.15) is 6.10 Å². The number of aliphatic hydroxyl groups is 2. The monoisotopic (exact) mass is 321 g/mol. The number of rotatable bonds is 7. The van der Waals surface area contributed by atoms with Crippen molar-refractivity contribution in [3.05, 3.63) is 0 Å². The highest BCUT2D eigenvalue weighted by molar-refractivity contribution is 6.74. The predicted molar refractivity (Wildman–Crippen MR) is 84.2 cm³/mol. The van der Waals surface area contributed by atoms with Crippen LogP contribution in [0.5, 0.6) is 0 Å². The van der Waals surface area contributed by atoms with Gasteiger partial charge in [0.05, 0.1) is 13.2 Å². The van der Waals surface area contributed by atoms with E-state index in [1.165, 1.54) is 14.2 Å². The van der Waals surface area contributed by atoms with Crippen molar-refractivity contribution in [3.8, 4) is 0 Å². The second-order valence-electron chi connectivity index (χ2n) is 6.78. The third-order valence-corrected chi connectivity index (χ3v) is 8.70. The van der Waals surface area contributed by atoms with Crippen molar-refractivity contribution in [3.63, 3.8) is 0 Å². The summed E-state index contributed by atoms with van der Waals surface area (Å²) in [4.78, 5) is 16.6. The van der Waals surface area contributed by atoms with E-state index in [9.17, 15) is 15.0 Å². The van der Waals surface area contributed by atoms with E-state index in [1.54, 1.807) is 0 Å². The molecule has 2 N–H and O–H groups in total. The van der Waals surface area contributed by atoms with Crippen molar-refractivity contribution in [2.75, 3.05) is 14.2 Å².